The number of thioether (sulfide) groups is 1. The number of anilines is 1. The normalized spacial score (nSPS) is 10.5. The van der Waals surface area contributed by atoms with Crippen LogP contribution in [0, 0.1) is 11.6 Å². The Morgan fingerprint density at radius 2 is 1.86 bits per heavy atom. The number of halogens is 2. The average molecular weight is 316 g/mol. The monoisotopic (exact) mass is 316 g/mol. The lowest BCUT2D eigenvalue weighted by Crippen LogP contribution is -2.25. The molecule has 0 heterocycles. The van der Waals surface area contributed by atoms with Crippen LogP contribution in [0.25, 0.3) is 0 Å². The summed E-state index contributed by atoms with van der Waals surface area (Å²) in [6.07, 6.45) is 4.65. The number of benzene rings is 1. The first-order valence-electron chi connectivity index (χ1n) is 7.10. The Morgan fingerprint density at radius 1 is 1.19 bits per heavy atom. The zero-order valence-corrected chi connectivity index (χ0v) is 13.3. The Balaban J connectivity index is 2.60. The summed E-state index contributed by atoms with van der Waals surface area (Å²) in [4.78, 5) is 11.8. The van der Waals surface area contributed by atoms with Gasteiger partial charge in [-0.2, -0.15) is 11.8 Å². The third-order valence-corrected chi connectivity index (χ3v) is 3.61. The average Bonchev–Trinajstić information content (AvgIpc) is 2.46. The molecule has 0 saturated heterocycles. The molecule has 0 fully saturated rings. The smallest absolute Gasteiger partial charge is 0.251 e. The Labute approximate surface area is 128 Å². The molecule has 0 aromatic heterocycles. The molecule has 1 aromatic carbocycles. The molecule has 0 aliphatic carbocycles. The van der Waals surface area contributed by atoms with Gasteiger partial charge >= 0.3 is 0 Å². The molecule has 0 bridgehead atoms. The van der Waals surface area contributed by atoms with E-state index in [2.05, 4.69) is 10.6 Å². The highest BCUT2D eigenvalue weighted by molar-refractivity contribution is 7.98. The minimum atomic E-state index is -0.740. The van der Waals surface area contributed by atoms with Crippen LogP contribution in [0.4, 0.5) is 14.5 Å². The molecule has 0 aliphatic heterocycles. The third kappa shape index (κ3) is 5.91. The molecule has 1 aromatic rings. The van der Waals surface area contributed by atoms with Crippen LogP contribution in [0.15, 0.2) is 12.1 Å². The number of hydrogen-bond donors (Lipinski definition) is 2. The van der Waals surface area contributed by atoms with Crippen LogP contribution in [-0.2, 0) is 0 Å². The highest BCUT2D eigenvalue weighted by Gasteiger charge is 2.14. The van der Waals surface area contributed by atoms with Crippen molar-refractivity contribution in [1.82, 2.24) is 5.32 Å². The largest absolute Gasteiger partial charge is 0.380 e. The lowest BCUT2D eigenvalue weighted by Gasteiger charge is -2.10. The second-order valence-electron chi connectivity index (χ2n) is 4.70. The van der Waals surface area contributed by atoms with Crippen molar-refractivity contribution in [3.63, 3.8) is 0 Å². The van der Waals surface area contributed by atoms with E-state index < -0.39 is 17.5 Å². The molecule has 1 amide bonds. The van der Waals surface area contributed by atoms with Gasteiger partial charge in [-0.15, -0.1) is 0 Å². The lowest BCUT2D eigenvalue weighted by atomic mass is 10.1. The summed E-state index contributed by atoms with van der Waals surface area (Å²) in [6, 6.07) is 2.14. The molecule has 0 aliphatic rings. The van der Waals surface area contributed by atoms with Gasteiger partial charge in [-0.1, -0.05) is 6.92 Å². The molecule has 118 valence electrons. The van der Waals surface area contributed by atoms with Crippen molar-refractivity contribution in [3.8, 4) is 0 Å². The van der Waals surface area contributed by atoms with E-state index in [-0.39, 0.29) is 11.3 Å². The Hall–Kier alpha value is -1.30. The zero-order chi connectivity index (χ0) is 15.7. The number of carbonyl (C=O) groups is 1. The zero-order valence-electron chi connectivity index (χ0n) is 12.5. The Bertz CT molecular complexity index is 446. The SMILES string of the molecule is CCCNc1c(F)cc(C(=O)NCCCCSC)cc1F. The molecule has 3 nitrogen and oxygen atoms in total. The molecule has 2 N–H and O–H groups in total. The molecule has 0 saturated carbocycles. The van der Waals surface area contributed by atoms with Gasteiger partial charge in [0.2, 0.25) is 0 Å². The highest BCUT2D eigenvalue weighted by Crippen LogP contribution is 2.20. The number of rotatable bonds is 9. The fourth-order valence-corrected chi connectivity index (χ4v) is 2.29. The number of nitrogens with one attached hydrogen (secondary N) is 2. The highest BCUT2D eigenvalue weighted by atomic mass is 32.2. The first-order chi connectivity index (χ1) is 10.1. The van der Waals surface area contributed by atoms with Crippen molar-refractivity contribution in [3.05, 3.63) is 29.3 Å². The predicted molar refractivity (Wildman–Crippen MR) is 85.1 cm³/mol. The Kier molecular flexibility index (Phi) is 8.12. The van der Waals surface area contributed by atoms with Crippen LogP contribution in [0.5, 0.6) is 0 Å². The maximum absolute atomic E-state index is 13.8. The van der Waals surface area contributed by atoms with E-state index in [1.165, 1.54) is 0 Å². The summed E-state index contributed by atoms with van der Waals surface area (Å²) >= 11 is 1.75. The van der Waals surface area contributed by atoms with Gasteiger partial charge in [0.05, 0.1) is 0 Å². The van der Waals surface area contributed by atoms with Gasteiger partial charge in [-0.3, -0.25) is 4.79 Å². The molecule has 6 heteroatoms. The van der Waals surface area contributed by atoms with Gasteiger partial charge in [-0.25, -0.2) is 8.78 Å². The molecule has 0 spiro atoms. The van der Waals surface area contributed by atoms with Crippen LogP contribution in [0.1, 0.15) is 36.5 Å². The van der Waals surface area contributed by atoms with Crippen LogP contribution in [0.3, 0.4) is 0 Å². The molecule has 1 rings (SSSR count). The summed E-state index contributed by atoms with van der Waals surface area (Å²) in [5.74, 6) is -0.886. The van der Waals surface area contributed by atoms with E-state index in [0.717, 1.165) is 37.1 Å². The summed E-state index contributed by atoms with van der Waals surface area (Å²) < 4.78 is 27.6. The van der Waals surface area contributed by atoms with E-state index in [1.54, 1.807) is 11.8 Å². The molecule has 0 atom stereocenters. The summed E-state index contributed by atoms with van der Waals surface area (Å²) in [7, 11) is 0. The molecular weight excluding hydrogens is 294 g/mol. The maximum Gasteiger partial charge on any atom is 0.251 e. The fraction of sp³-hybridized carbons (Fsp3) is 0.533. The van der Waals surface area contributed by atoms with Crippen LogP contribution in [0.2, 0.25) is 0 Å². The third-order valence-electron chi connectivity index (χ3n) is 2.92. The number of carbonyl (C=O) groups excluding carboxylic acids is 1. The van der Waals surface area contributed by atoms with Crippen molar-refractivity contribution in [2.24, 2.45) is 0 Å². The maximum atomic E-state index is 13.8. The van der Waals surface area contributed by atoms with Crippen molar-refractivity contribution in [2.45, 2.75) is 26.2 Å². The van der Waals surface area contributed by atoms with Crippen LogP contribution >= 0.6 is 11.8 Å². The topological polar surface area (TPSA) is 41.1 Å². The standard InChI is InChI=1S/C15H22F2N2OS/c1-3-6-18-14-12(16)9-11(10-13(14)17)15(20)19-7-4-5-8-21-2/h9-10,18H,3-8H2,1-2H3,(H,19,20). The quantitative estimate of drug-likeness (QED) is 0.683. The van der Waals surface area contributed by atoms with Crippen molar-refractivity contribution in [2.75, 3.05) is 30.4 Å². The van der Waals surface area contributed by atoms with Crippen molar-refractivity contribution in [1.29, 1.82) is 0 Å². The molecule has 0 radical (unpaired) electrons. The fourth-order valence-electron chi connectivity index (χ4n) is 1.80. The first kappa shape index (κ1) is 17.8. The van der Waals surface area contributed by atoms with Gasteiger partial charge in [0.15, 0.2) is 0 Å². The van der Waals surface area contributed by atoms with E-state index in [0.29, 0.717) is 13.1 Å². The summed E-state index contributed by atoms with van der Waals surface area (Å²) in [6.45, 7) is 2.90. The van der Waals surface area contributed by atoms with Gasteiger partial charge in [0.25, 0.3) is 5.91 Å². The second-order valence-corrected chi connectivity index (χ2v) is 5.68. The van der Waals surface area contributed by atoms with Crippen LogP contribution < -0.4 is 10.6 Å². The van der Waals surface area contributed by atoms with Crippen molar-refractivity contribution >= 4 is 23.4 Å². The minimum Gasteiger partial charge on any atom is -0.380 e. The lowest BCUT2D eigenvalue weighted by molar-refractivity contribution is 0.0952. The Morgan fingerprint density at radius 3 is 2.43 bits per heavy atom. The van der Waals surface area contributed by atoms with Gasteiger partial charge < -0.3 is 10.6 Å². The number of unbranched alkanes of at least 4 members (excludes halogenated alkanes) is 1. The number of hydrogen-bond acceptors (Lipinski definition) is 3. The molecule has 21 heavy (non-hydrogen) atoms. The van der Waals surface area contributed by atoms with Crippen LogP contribution in [-0.4, -0.2) is 31.0 Å². The molecular formula is C15H22F2N2OS. The predicted octanol–water partition coefficient (Wildman–Crippen LogP) is 3.66. The summed E-state index contributed by atoms with van der Waals surface area (Å²) in [5.41, 5.74) is -0.162. The van der Waals surface area contributed by atoms with Gasteiger partial charge in [-0.05, 0) is 43.4 Å². The van der Waals surface area contributed by atoms with Gasteiger partial charge in [0.1, 0.15) is 17.3 Å². The van der Waals surface area contributed by atoms with E-state index in [4.69, 9.17) is 0 Å². The van der Waals surface area contributed by atoms with E-state index >= 15 is 0 Å². The minimum absolute atomic E-state index is 0.0110. The van der Waals surface area contributed by atoms with Crippen molar-refractivity contribution < 1.29 is 13.6 Å². The first-order valence-corrected chi connectivity index (χ1v) is 8.49. The second kappa shape index (κ2) is 9.60. The molecule has 0 unspecified atom stereocenters. The van der Waals surface area contributed by atoms with E-state index in [1.807, 2.05) is 13.2 Å². The van der Waals surface area contributed by atoms with E-state index in [9.17, 15) is 13.6 Å². The summed E-state index contributed by atoms with van der Waals surface area (Å²) in [5, 5.41) is 5.35. The number of amides is 1. The van der Waals surface area contributed by atoms with Gasteiger partial charge in [0, 0.05) is 18.7 Å².